The molecule has 0 aliphatic carbocycles. The highest BCUT2D eigenvalue weighted by Gasteiger charge is 2.21. The fraction of sp³-hybridized carbons (Fsp3) is 0.333. The Morgan fingerprint density at radius 2 is 1.94 bits per heavy atom. The summed E-state index contributed by atoms with van der Waals surface area (Å²) in [6.45, 7) is 2.97. The number of anilines is 2. The van der Waals surface area contributed by atoms with Gasteiger partial charge in [0.1, 0.15) is 0 Å². The molecule has 4 rings (SSSR count). The van der Waals surface area contributed by atoms with Crippen molar-refractivity contribution in [1.82, 2.24) is 9.55 Å². The third-order valence-electron chi connectivity index (χ3n) is 5.49. The van der Waals surface area contributed by atoms with Gasteiger partial charge in [0.05, 0.1) is 29.3 Å². The van der Waals surface area contributed by atoms with Crippen LogP contribution in [0.2, 0.25) is 0 Å². The molecule has 2 heterocycles. The third-order valence-corrected chi connectivity index (χ3v) is 6.45. The average Bonchev–Trinajstić information content (AvgIpc) is 3.24. The summed E-state index contributed by atoms with van der Waals surface area (Å²) in [5.41, 5.74) is 1.92. The Labute approximate surface area is 195 Å². The molecule has 0 bridgehead atoms. The van der Waals surface area contributed by atoms with Crippen molar-refractivity contribution in [2.45, 2.75) is 31.0 Å². The van der Waals surface area contributed by atoms with E-state index in [-0.39, 0.29) is 29.2 Å². The van der Waals surface area contributed by atoms with Crippen molar-refractivity contribution >= 4 is 45.9 Å². The minimum atomic E-state index is -0.231. The van der Waals surface area contributed by atoms with Gasteiger partial charge >= 0.3 is 0 Å². The van der Waals surface area contributed by atoms with Gasteiger partial charge in [-0.25, -0.2) is 4.98 Å². The lowest BCUT2D eigenvalue weighted by Gasteiger charge is -2.19. The molecular formula is C24H26N4O4S. The fourth-order valence-corrected chi connectivity index (χ4v) is 4.80. The Balaban J connectivity index is 1.47. The number of carbonyl (C=O) groups excluding carboxylic acids is 2. The highest BCUT2D eigenvalue weighted by Crippen LogP contribution is 2.24. The van der Waals surface area contributed by atoms with Crippen LogP contribution >= 0.6 is 11.8 Å². The number of carbonyl (C=O) groups is 2. The molecule has 33 heavy (non-hydrogen) atoms. The van der Waals surface area contributed by atoms with Crippen molar-refractivity contribution in [2.75, 3.05) is 36.2 Å². The predicted octanol–water partition coefficient (Wildman–Crippen LogP) is 3.46. The Kier molecular flexibility index (Phi) is 7.10. The summed E-state index contributed by atoms with van der Waals surface area (Å²) in [5, 5.41) is 3.87. The molecule has 1 saturated heterocycles. The number of aromatic nitrogens is 2. The fourth-order valence-electron chi connectivity index (χ4n) is 3.90. The Bertz CT molecular complexity index is 1230. The molecule has 0 saturated carbocycles. The highest BCUT2D eigenvalue weighted by molar-refractivity contribution is 7.99. The maximum absolute atomic E-state index is 13.1. The predicted molar refractivity (Wildman–Crippen MR) is 130 cm³/mol. The number of amides is 2. The molecule has 1 unspecified atom stereocenters. The summed E-state index contributed by atoms with van der Waals surface area (Å²) >= 11 is 1.21. The standard InChI is InChI=1S/C24H26N4O4S/c1-16(14-32-2)28-23(31)19-6-3-4-7-20(19)26-24(28)33-15-21(29)25-17-9-11-18(12-10-17)27-13-5-8-22(27)30/h3-4,6-7,9-12,16H,5,8,13-15H2,1-2H3,(H,25,29). The molecule has 9 heteroatoms. The van der Waals surface area contributed by atoms with E-state index in [1.165, 1.54) is 11.8 Å². The summed E-state index contributed by atoms with van der Waals surface area (Å²) in [5.74, 6) is 0.00906. The first-order valence-corrected chi connectivity index (χ1v) is 11.8. The van der Waals surface area contributed by atoms with Crippen molar-refractivity contribution in [3.63, 3.8) is 0 Å². The summed E-state index contributed by atoms with van der Waals surface area (Å²) in [7, 11) is 1.58. The van der Waals surface area contributed by atoms with Crippen molar-refractivity contribution < 1.29 is 14.3 Å². The van der Waals surface area contributed by atoms with Gasteiger partial charge in [-0.2, -0.15) is 0 Å². The Hall–Kier alpha value is -3.17. The van der Waals surface area contributed by atoms with Crippen LogP contribution in [0.25, 0.3) is 10.9 Å². The van der Waals surface area contributed by atoms with Gasteiger partial charge in [-0.1, -0.05) is 23.9 Å². The molecular weight excluding hydrogens is 440 g/mol. The van der Waals surface area contributed by atoms with Gasteiger partial charge in [-0.05, 0) is 49.7 Å². The highest BCUT2D eigenvalue weighted by atomic mass is 32.2. The minimum absolute atomic E-state index is 0.0941. The van der Waals surface area contributed by atoms with Crippen molar-refractivity contribution in [1.29, 1.82) is 0 Å². The second-order valence-electron chi connectivity index (χ2n) is 7.92. The van der Waals surface area contributed by atoms with Gasteiger partial charge in [0, 0.05) is 31.5 Å². The van der Waals surface area contributed by atoms with E-state index in [1.54, 1.807) is 40.8 Å². The largest absolute Gasteiger partial charge is 0.383 e. The molecule has 172 valence electrons. The number of benzene rings is 2. The summed E-state index contributed by atoms with van der Waals surface area (Å²) in [4.78, 5) is 44.0. The maximum Gasteiger partial charge on any atom is 0.262 e. The quantitative estimate of drug-likeness (QED) is 0.404. The first-order valence-electron chi connectivity index (χ1n) is 10.8. The number of nitrogens with one attached hydrogen (secondary N) is 1. The lowest BCUT2D eigenvalue weighted by Crippen LogP contribution is -2.29. The molecule has 8 nitrogen and oxygen atoms in total. The molecule has 2 aromatic carbocycles. The van der Waals surface area contributed by atoms with Gasteiger partial charge in [0.25, 0.3) is 5.56 Å². The maximum atomic E-state index is 13.1. The number of thioether (sulfide) groups is 1. The van der Waals surface area contributed by atoms with Gasteiger partial charge in [0.15, 0.2) is 5.16 Å². The van der Waals surface area contributed by atoms with Crippen LogP contribution in [0.3, 0.4) is 0 Å². The molecule has 3 aromatic rings. The van der Waals surface area contributed by atoms with E-state index >= 15 is 0 Å². The number of hydrogen-bond acceptors (Lipinski definition) is 6. The molecule has 1 atom stereocenters. The van der Waals surface area contributed by atoms with Gasteiger partial charge in [0.2, 0.25) is 11.8 Å². The average molecular weight is 467 g/mol. The van der Waals surface area contributed by atoms with Crippen molar-refractivity contribution in [2.24, 2.45) is 0 Å². The number of rotatable bonds is 8. The molecule has 1 fully saturated rings. The van der Waals surface area contributed by atoms with Gasteiger partial charge < -0.3 is 15.0 Å². The van der Waals surface area contributed by atoms with E-state index in [0.29, 0.717) is 34.8 Å². The number of methoxy groups -OCH3 is 1. The number of hydrogen-bond donors (Lipinski definition) is 1. The van der Waals surface area contributed by atoms with E-state index in [1.807, 2.05) is 31.2 Å². The molecule has 1 aliphatic heterocycles. The molecule has 2 amide bonds. The van der Waals surface area contributed by atoms with Crippen LogP contribution in [0, 0.1) is 0 Å². The van der Waals surface area contributed by atoms with E-state index in [0.717, 1.165) is 18.7 Å². The smallest absolute Gasteiger partial charge is 0.262 e. The molecule has 1 N–H and O–H groups in total. The number of para-hydroxylation sites is 1. The van der Waals surface area contributed by atoms with E-state index in [9.17, 15) is 14.4 Å². The van der Waals surface area contributed by atoms with Gasteiger partial charge in [-0.15, -0.1) is 0 Å². The number of fused-ring (bicyclic) bond motifs is 1. The van der Waals surface area contributed by atoms with Crippen LogP contribution in [-0.2, 0) is 14.3 Å². The van der Waals surface area contributed by atoms with Crippen LogP contribution in [-0.4, -0.2) is 47.4 Å². The first kappa shape index (κ1) is 23.0. The third kappa shape index (κ3) is 5.09. The van der Waals surface area contributed by atoms with Crippen molar-refractivity contribution in [3.8, 4) is 0 Å². The lowest BCUT2D eigenvalue weighted by molar-refractivity contribution is -0.117. The molecule has 0 spiro atoms. The molecule has 1 aliphatic rings. The molecule has 1 aromatic heterocycles. The van der Waals surface area contributed by atoms with E-state index in [2.05, 4.69) is 10.3 Å². The molecule has 0 radical (unpaired) electrons. The second-order valence-corrected chi connectivity index (χ2v) is 8.87. The number of nitrogens with zero attached hydrogens (tertiary/aromatic N) is 3. The zero-order chi connectivity index (χ0) is 23.4. The van der Waals surface area contributed by atoms with Crippen LogP contribution in [0.15, 0.2) is 58.5 Å². The van der Waals surface area contributed by atoms with Crippen LogP contribution in [0.5, 0.6) is 0 Å². The summed E-state index contributed by atoms with van der Waals surface area (Å²) in [6, 6.07) is 14.2. The van der Waals surface area contributed by atoms with Crippen LogP contribution in [0.1, 0.15) is 25.8 Å². The lowest BCUT2D eigenvalue weighted by atomic mass is 10.2. The number of ether oxygens (including phenoxy) is 1. The SMILES string of the molecule is COCC(C)n1c(SCC(=O)Nc2ccc(N3CCCC3=O)cc2)nc2ccccc2c1=O. The first-order chi connectivity index (χ1) is 16.0. The van der Waals surface area contributed by atoms with Gasteiger partial charge in [-0.3, -0.25) is 19.0 Å². The minimum Gasteiger partial charge on any atom is -0.383 e. The monoisotopic (exact) mass is 466 g/mol. The van der Waals surface area contributed by atoms with E-state index < -0.39 is 0 Å². The zero-order valence-corrected chi connectivity index (χ0v) is 19.4. The van der Waals surface area contributed by atoms with Crippen molar-refractivity contribution in [3.05, 3.63) is 58.9 Å². The summed E-state index contributed by atoms with van der Waals surface area (Å²) in [6.07, 6.45) is 1.44. The Morgan fingerprint density at radius 1 is 1.18 bits per heavy atom. The van der Waals surface area contributed by atoms with Crippen LogP contribution in [0.4, 0.5) is 11.4 Å². The van der Waals surface area contributed by atoms with Crippen LogP contribution < -0.4 is 15.8 Å². The summed E-state index contributed by atoms with van der Waals surface area (Å²) < 4.78 is 6.83. The normalized spacial score (nSPS) is 14.6. The van der Waals surface area contributed by atoms with E-state index in [4.69, 9.17) is 4.74 Å². The second kappa shape index (κ2) is 10.2. The topological polar surface area (TPSA) is 93.5 Å². The zero-order valence-electron chi connectivity index (χ0n) is 18.6. The Morgan fingerprint density at radius 3 is 2.64 bits per heavy atom.